The summed E-state index contributed by atoms with van der Waals surface area (Å²) < 4.78 is 0. The van der Waals surface area contributed by atoms with Gasteiger partial charge in [0.25, 0.3) is 5.91 Å². The Kier molecular flexibility index (Phi) is 2.52. The van der Waals surface area contributed by atoms with Gasteiger partial charge in [-0.3, -0.25) is 10.0 Å². The van der Waals surface area contributed by atoms with Crippen molar-refractivity contribution in [2.24, 2.45) is 0 Å². The smallest absolute Gasteiger partial charge is 0.276 e. The molecule has 12 heavy (non-hydrogen) atoms. The van der Waals surface area contributed by atoms with Crippen LogP contribution in [0.3, 0.4) is 0 Å². The maximum atomic E-state index is 10.9. The number of nitrogen functional groups attached to an aromatic ring is 1. The van der Waals surface area contributed by atoms with Crippen molar-refractivity contribution < 1.29 is 10.0 Å². The van der Waals surface area contributed by atoms with E-state index in [1.807, 2.05) is 0 Å². The molecule has 1 aromatic carbocycles. The van der Waals surface area contributed by atoms with Gasteiger partial charge in [-0.15, -0.1) is 0 Å². The highest BCUT2D eigenvalue weighted by Crippen LogP contribution is 2.17. The van der Waals surface area contributed by atoms with Crippen LogP contribution in [0.1, 0.15) is 10.4 Å². The lowest BCUT2D eigenvalue weighted by atomic mass is 10.2. The highest BCUT2D eigenvalue weighted by molar-refractivity contribution is 6.31. The second-order valence-corrected chi connectivity index (χ2v) is 2.61. The van der Waals surface area contributed by atoms with Gasteiger partial charge in [-0.25, -0.2) is 5.48 Å². The maximum Gasteiger partial charge on any atom is 0.276 e. The normalized spacial score (nSPS) is 9.50. The Labute approximate surface area is 73.9 Å². The van der Waals surface area contributed by atoms with Gasteiger partial charge < -0.3 is 5.73 Å². The van der Waals surface area contributed by atoms with Gasteiger partial charge in [-0.1, -0.05) is 11.6 Å². The van der Waals surface area contributed by atoms with Crippen LogP contribution in [0.25, 0.3) is 0 Å². The lowest BCUT2D eigenvalue weighted by Crippen LogP contribution is -2.19. The van der Waals surface area contributed by atoms with Crippen molar-refractivity contribution in [2.75, 3.05) is 5.73 Å². The van der Waals surface area contributed by atoms with Gasteiger partial charge >= 0.3 is 0 Å². The summed E-state index contributed by atoms with van der Waals surface area (Å²) in [5.41, 5.74) is 7.33. The monoisotopic (exact) mass is 186 g/mol. The molecule has 0 saturated heterocycles. The van der Waals surface area contributed by atoms with Gasteiger partial charge in [-0.05, 0) is 18.2 Å². The van der Waals surface area contributed by atoms with E-state index in [-0.39, 0.29) is 11.3 Å². The molecular formula is C7H7ClN2O2. The summed E-state index contributed by atoms with van der Waals surface area (Å²) in [4.78, 5) is 10.9. The summed E-state index contributed by atoms with van der Waals surface area (Å²) in [6, 6.07) is 4.43. The van der Waals surface area contributed by atoms with Gasteiger partial charge in [0.05, 0.1) is 5.56 Å². The topological polar surface area (TPSA) is 75.4 Å². The van der Waals surface area contributed by atoms with Crippen molar-refractivity contribution in [3.63, 3.8) is 0 Å². The quantitative estimate of drug-likeness (QED) is 0.349. The molecule has 0 spiro atoms. The number of amides is 1. The summed E-state index contributed by atoms with van der Waals surface area (Å²) in [5, 5.41) is 8.70. The predicted molar refractivity (Wildman–Crippen MR) is 45.1 cm³/mol. The number of anilines is 1. The van der Waals surface area contributed by atoms with Crippen LogP contribution in [0.2, 0.25) is 5.02 Å². The number of nitrogens with one attached hydrogen (secondary N) is 1. The second kappa shape index (κ2) is 3.42. The van der Waals surface area contributed by atoms with E-state index in [2.05, 4.69) is 0 Å². The lowest BCUT2D eigenvalue weighted by Gasteiger charge is -2.02. The van der Waals surface area contributed by atoms with E-state index in [4.69, 9.17) is 22.5 Å². The van der Waals surface area contributed by atoms with Gasteiger partial charge in [0.2, 0.25) is 0 Å². The fourth-order valence-electron chi connectivity index (χ4n) is 0.785. The Morgan fingerprint density at radius 3 is 2.83 bits per heavy atom. The Morgan fingerprint density at radius 2 is 2.25 bits per heavy atom. The molecule has 0 bridgehead atoms. The van der Waals surface area contributed by atoms with Crippen molar-refractivity contribution in [1.82, 2.24) is 5.48 Å². The summed E-state index contributed by atoms with van der Waals surface area (Å²) in [6.45, 7) is 0. The first-order valence-corrected chi connectivity index (χ1v) is 3.52. The van der Waals surface area contributed by atoms with E-state index in [0.29, 0.717) is 5.02 Å². The third-order valence-electron chi connectivity index (χ3n) is 1.36. The molecule has 1 amide bonds. The number of carbonyl (C=O) groups excluding carboxylic acids is 1. The summed E-state index contributed by atoms with van der Waals surface area (Å²) in [5.74, 6) is -0.671. The molecule has 1 aromatic rings. The molecule has 0 aliphatic carbocycles. The van der Waals surface area contributed by atoms with Crippen LogP contribution >= 0.6 is 11.6 Å². The SMILES string of the molecule is Nc1ccc(Cl)cc1C(=O)NO. The van der Waals surface area contributed by atoms with E-state index in [1.54, 1.807) is 6.07 Å². The van der Waals surface area contributed by atoms with Crippen molar-refractivity contribution in [1.29, 1.82) is 0 Å². The lowest BCUT2D eigenvalue weighted by molar-refractivity contribution is 0.0707. The van der Waals surface area contributed by atoms with Crippen molar-refractivity contribution in [3.05, 3.63) is 28.8 Å². The van der Waals surface area contributed by atoms with E-state index in [0.717, 1.165) is 0 Å². The van der Waals surface area contributed by atoms with Crippen LogP contribution in [0.4, 0.5) is 5.69 Å². The van der Waals surface area contributed by atoms with Crippen LogP contribution in [-0.2, 0) is 0 Å². The van der Waals surface area contributed by atoms with Gasteiger partial charge in [0.1, 0.15) is 0 Å². The average molecular weight is 187 g/mol. The number of nitrogens with two attached hydrogens (primary N) is 1. The Balaban J connectivity index is 3.13. The molecule has 0 saturated carbocycles. The van der Waals surface area contributed by atoms with Gasteiger partial charge in [0.15, 0.2) is 0 Å². The van der Waals surface area contributed by atoms with Crippen LogP contribution in [0, 0.1) is 0 Å². The number of rotatable bonds is 1. The number of hydroxylamine groups is 1. The number of hydrogen-bond donors (Lipinski definition) is 3. The van der Waals surface area contributed by atoms with Crippen LogP contribution < -0.4 is 11.2 Å². The first-order valence-electron chi connectivity index (χ1n) is 3.14. The molecule has 0 heterocycles. The molecule has 0 radical (unpaired) electrons. The molecule has 4 N–H and O–H groups in total. The molecule has 5 heteroatoms. The molecule has 0 fully saturated rings. The Morgan fingerprint density at radius 1 is 1.58 bits per heavy atom. The average Bonchev–Trinajstić information content (AvgIpc) is 2.08. The van der Waals surface area contributed by atoms with Gasteiger partial charge in [-0.2, -0.15) is 0 Å². The van der Waals surface area contributed by atoms with Crippen LogP contribution in [0.5, 0.6) is 0 Å². The largest absolute Gasteiger partial charge is 0.398 e. The highest BCUT2D eigenvalue weighted by atomic mass is 35.5. The molecule has 0 aliphatic rings. The maximum absolute atomic E-state index is 10.9. The zero-order valence-electron chi connectivity index (χ0n) is 6.04. The molecule has 0 aromatic heterocycles. The predicted octanol–water partition coefficient (Wildman–Crippen LogP) is 1.04. The number of hydrogen-bond acceptors (Lipinski definition) is 3. The van der Waals surface area contributed by atoms with E-state index >= 15 is 0 Å². The molecule has 1 rings (SSSR count). The van der Waals surface area contributed by atoms with E-state index in [9.17, 15) is 4.79 Å². The second-order valence-electron chi connectivity index (χ2n) is 2.17. The van der Waals surface area contributed by atoms with E-state index in [1.165, 1.54) is 17.6 Å². The van der Waals surface area contributed by atoms with Crippen molar-refractivity contribution in [3.8, 4) is 0 Å². The first kappa shape index (κ1) is 8.83. The Hall–Kier alpha value is -1.26. The molecule has 64 valence electrons. The van der Waals surface area contributed by atoms with Crippen LogP contribution in [0.15, 0.2) is 18.2 Å². The third kappa shape index (κ3) is 1.66. The molecule has 0 aliphatic heterocycles. The standard InChI is InChI=1S/C7H7ClN2O2/c8-4-1-2-6(9)5(3-4)7(11)10-12/h1-3,12H,9H2,(H,10,11). The number of benzene rings is 1. The first-order chi connectivity index (χ1) is 5.65. The number of halogens is 1. The highest BCUT2D eigenvalue weighted by Gasteiger charge is 2.08. The summed E-state index contributed by atoms with van der Waals surface area (Å²) in [7, 11) is 0. The minimum absolute atomic E-state index is 0.157. The minimum Gasteiger partial charge on any atom is -0.398 e. The molecule has 0 unspecified atom stereocenters. The zero-order valence-corrected chi connectivity index (χ0v) is 6.80. The van der Waals surface area contributed by atoms with E-state index < -0.39 is 5.91 Å². The Bertz CT molecular complexity index is 314. The summed E-state index contributed by atoms with van der Waals surface area (Å²) >= 11 is 5.60. The third-order valence-corrected chi connectivity index (χ3v) is 1.60. The van der Waals surface area contributed by atoms with Crippen molar-refractivity contribution in [2.45, 2.75) is 0 Å². The number of carbonyl (C=O) groups is 1. The van der Waals surface area contributed by atoms with Gasteiger partial charge in [0, 0.05) is 10.7 Å². The summed E-state index contributed by atoms with van der Waals surface area (Å²) in [6.07, 6.45) is 0. The van der Waals surface area contributed by atoms with Crippen molar-refractivity contribution >= 4 is 23.2 Å². The zero-order chi connectivity index (χ0) is 9.14. The minimum atomic E-state index is -0.671. The molecular weight excluding hydrogens is 180 g/mol. The fraction of sp³-hybridized carbons (Fsp3) is 0. The molecule has 0 atom stereocenters. The molecule has 4 nitrogen and oxygen atoms in total. The fourth-order valence-corrected chi connectivity index (χ4v) is 0.957. The van der Waals surface area contributed by atoms with Crippen LogP contribution in [-0.4, -0.2) is 11.1 Å².